The molecule has 1 aliphatic rings. The van der Waals surface area contributed by atoms with E-state index in [1.54, 1.807) is 27.7 Å². The first-order valence-corrected chi connectivity index (χ1v) is 9.32. The van der Waals surface area contributed by atoms with Crippen LogP contribution in [0.2, 0.25) is 0 Å². The van der Waals surface area contributed by atoms with E-state index in [2.05, 4.69) is 0 Å². The van der Waals surface area contributed by atoms with Gasteiger partial charge in [-0.05, 0) is 6.92 Å². The molecule has 0 amide bonds. The summed E-state index contributed by atoms with van der Waals surface area (Å²) in [5, 5.41) is 0. The molecule has 0 N–H and O–H groups in total. The van der Waals surface area contributed by atoms with Crippen molar-refractivity contribution in [2.24, 2.45) is 17.8 Å². The Morgan fingerprint density at radius 2 is 1.76 bits per heavy atom. The maximum absolute atomic E-state index is 12.6. The Bertz CT molecular complexity index is 548. The summed E-state index contributed by atoms with van der Waals surface area (Å²) < 4.78 is 11.7. The van der Waals surface area contributed by atoms with Crippen LogP contribution in [0.3, 0.4) is 0 Å². The first kappa shape index (κ1) is 21.4. The average molecular weight is 352 g/mol. The van der Waals surface area contributed by atoms with Gasteiger partial charge in [0, 0.05) is 30.8 Å². The minimum absolute atomic E-state index is 0.0398. The number of carbonyl (C=O) groups is 3. The molecular formula is C20H32O5. The van der Waals surface area contributed by atoms with Gasteiger partial charge in [0.25, 0.3) is 0 Å². The molecule has 25 heavy (non-hydrogen) atoms. The molecule has 0 fully saturated rings. The van der Waals surface area contributed by atoms with Crippen molar-refractivity contribution < 1.29 is 23.9 Å². The predicted octanol–water partition coefficient (Wildman–Crippen LogP) is 3.85. The third-order valence-corrected chi connectivity index (χ3v) is 5.24. The summed E-state index contributed by atoms with van der Waals surface area (Å²) in [5.41, 5.74) is 0.665. The number of ketones is 2. The van der Waals surface area contributed by atoms with Crippen molar-refractivity contribution in [3.05, 3.63) is 11.3 Å². The summed E-state index contributed by atoms with van der Waals surface area (Å²) in [7, 11) is 0. The summed E-state index contributed by atoms with van der Waals surface area (Å²) in [5.74, 6) is -0.585. The fraction of sp³-hybridized carbons (Fsp3) is 0.750. The molecule has 1 aliphatic heterocycles. The number of hydrogen-bond acceptors (Lipinski definition) is 5. The fourth-order valence-corrected chi connectivity index (χ4v) is 3.49. The minimum Gasteiger partial charge on any atom is -0.493 e. The lowest BCUT2D eigenvalue weighted by Crippen LogP contribution is -2.47. The van der Waals surface area contributed by atoms with Crippen LogP contribution in [0.15, 0.2) is 11.3 Å². The number of Topliss-reactive ketones (excluding diaryl/α,β-unsaturated/α-hetero) is 2. The Morgan fingerprint density at radius 3 is 2.24 bits per heavy atom. The molecule has 0 aromatic heterocycles. The van der Waals surface area contributed by atoms with Gasteiger partial charge in [0.15, 0.2) is 5.78 Å². The standard InChI is InChI=1S/C20H32O5/c1-8-15(21)11(4)19(25-17(22)10-3)14(7)20-13(6)18(23)12(5)16(9-2)24-20/h11,13-14,19-20H,8-10H2,1-7H3/t11-,13-,14-,19-,20-/m0/s1. The van der Waals surface area contributed by atoms with Crippen LogP contribution in [0.25, 0.3) is 0 Å². The zero-order chi connectivity index (χ0) is 19.3. The molecule has 0 spiro atoms. The van der Waals surface area contributed by atoms with Crippen LogP contribution in [0.4, 0.5) is 0 Å². The fourth-order valence-electron chi connectivity index (χ4n) is 3.49. The number of carbonyl (C=O) groups excluding carboxylic acids is 3. The molecule has 0 saturated carbocycles. The SMILES string of the molecule is CCC(=O)O[C@H]([C@H](C)[C@H]1OC(CC)=C(C)C(=O)[C@@H]1C)[C@@H](C)C(=O)CC. The summed E-state index contributed by atoms with van der Waals surface area (Å²) in [6.07, 6.45) is 0.253. The molecule has 0 saturated heterocycles. The van der Waals surface area contributed by atoms with E-state index in [4.69, 9.17) is 9.47 Å². The Labute approximate surface area is 151 Å². The van der Waals surface area contributed by atoms with E-state index in [1.165, 1.54) is 0 Å². The van der Waals surface area contributed by atoms with Crippen LogP contribution in [-0.4, -0.2) is 29.7 Å². The Morgan fingerprint density at radius 1 is 1.16 bits per heavy atom. The number of rotatable bonds is 8. The molecule has 5 atom stereocenters. The van der Waals surface area contributed by atoms with Crippen LogP contribution in [-0.2, 0) is 23.9 Å². The Balaban J connectivity index is 3.15. The van der Waals surface area contributed by atoms with Crippen LogP contribution in [0.5, 0.6) is 0 Å². The molecule has 0 aromatic rings. The highest BCUT2D eigenvalue weighted by atomic mass is 16.5. The monoisotopic (exact) mass is 352 g/mol. The summed E-state index contributed by atoms with van der Waals surface area (Å²) in [6, 6.07) is 0. The largest absolute Gasteiger partial charge is 0.493 e. The molecule has 0 aliphatic carbocycles. The molecule has 5 nitrogen and oxygen atoms in total. The maximum Gasteiger partial charge on any atom is 0.305 e. The molecule has 0 radical (unpaired) electrons. The highest BCUT2D eigenvalue weighted by molar-refractivity contribution is 5.98. The lowest BCUT2D eigenvalue weighted by atomic mass is 9.78. The zero-order valence-electron chi connectivity index (χ0n) is 16.5. The van der Waals surface area contributed by atoms with Gasteiger partial charge in [-0.3, -0.25) is 14.4 Å². The van der Waals surface area contributed by atoms with E-state index in [1.807, 2.05) is 20.8 Å². The van der Waals surface area contributed by atoms with E-state index >= 15 is 0 Å². The number of ether oxygens (including phenoxy) is 2. The normalized spacial score (nSPS) is 24.4. The van der Waals surface area contributed by atoms with Crippen molar-refractivity contribution in [1.82, 2.24) is 0 Å². The first-order valence-electron chi connectivity index (χ1n) is 9.32. The van der Waals surface area contributed by atoms with Gasteiger partial charge in [0.2, 0.25) is 0 Å². The number of allylic oxidation sites excluding steroid dienone is 2. The number of esters is 1. The minimum atomic E-state index is -0.600. The van der Waals surface area contributed by atoms with E-state index in [0.717, 1.165) is 0 Å². The predicted molar refractivity (Wildman–Crippen MR) is 95.8 cm³/mol. The van der Waals surface area contributed by atoms with E-state index in [0.29, 0.717) is 24.2 Å². The Kier molecular flexibility index (Phi) is 7.84. The highest BCUT2D eigenvalue weighted by Crippen LogP contribution is 2.35. The second-order valence-electron chi connectivity index (χ2n) is 6.91. The second kappa shape index (κ2) is 9.16. The van der Waals surface area contributed by atoms with Crippen LogP contribution < -0.4 is 0 Å². The van der Waals surface area contributed by atoms with Crippen molar-refractivity contribution in [2.45, 2.75) is 79.9 Å². The molecular weight excluding hydrogens is 320 g/mol. The number of hydrogen-bond donors (Lipinski definition) is 0. The van der Waals surface area contributed by atoms with Crippen LogP contribution in [0.1, 0.15) is 67.7 Å². The van der Waals surface area contributed by atoms with E-state index in [9.17, 15) is 14.4 Å². The third-order valence-electron chi connectivity index (χ3n) is 5.24. The molecule has 0 unspecified atom stereocenters. The van der Waals surface area contributed by atoms with Crippen molar-refractivity contribution in [3.8, 4) is 0 Å². The molecule has 0 bridgehead atoms. The zero-order valence-corrected chi connectivity index (χ0v) is 16.5. The quantitative estimate of drug-likeness (QED) is 0.621. The van der Waals surface area contributed by atoms with Gasteiger partial charge in [0.05, 0.1) is 11.8 Å². The van der Waals surface area contributed by atoms with Crippen molar-refractivity contribution >= 4 is 17.5 Å². The molecule has 142 valence electrons. The van der Waals surface area contributed by atoms with Gasteiger partial charge in [0.1, 0.15) is 23.8 Å². The second-order valence-corrected chi connectivity index (χ2v) is 6.91. The van der Waals surface area contributed by atoms with Gasteiger partial charge in [-0.25, -0.2) is 0 Å². The van der Waals surface area contributed by atoms with E-state index < -0.39 is 18.1 Å². The van der Waals surface area contributed by atoms with Crippen molar-refractivity contribution in [1.29, 1.82) is 0 Å². The molecule has 1 rings (SSSR count). The molecule has 1 heterocycles. The molecule has 0 aromatic carbocycles. The molecule has 5 heteroatoms. The van der Waals surface area contributed by atoms with Gasteiger partial charge in [-0.15, -0.1) is 0 Å². The van der Waals surface area contributed by atoms with Crippen molar-refractivity contribution in [2.75, 3.05) is 0 Å². The summed E-state index contributed by atoms with van der Waals surface area (Å²) >= 11 is 0. The first-order chi connectivity index (χ1) is 11.7. The van der Waals surface area contributed by atoms with Gasteiger partial charge >= 0.3 is 5.97 Å². The summed E-state index contributed by atoms with van der Waals surface area (Å²) in [4.78, 5) is 36.7. The van der Waals surface area contributed by atoms with Crippen molar-refractivity contribution in [3.63, 3.8) is 0 Å². The van der Waals surface area contributed by atoms with Crippen LogP contribution in [0, 0.1) is 17.8 Å². The van der Waals surface area contributed by atoms with Crippen LogP contribution >= 0.6 is 0 Å². The third kappa shape index (κ3) is 4.71. The smallest absolute Gasteiger partial charge is 0.305 e. The average Bonchev–Trinajstić information content (AvgIpc) is 2.62. The van der Waals surface area contributed by atoms with E-state index in [-0.39, 0.29) is 35.8 Å². The van der Waals surface area contributed by atoms with Gasteiger partial charge in [-0.1, -0.05) is 41.5 Å². The lowest BCUT2D eigenvalue weighted by Gasteiger charge is -2.39. The van der Waals surface area contributed by atoms with Gasteiger partial charge < -0.3 is 9.47 Å². The maximum atomic E-state index is 12.6. The topological polar surface area (TPSA) is 69.7 Å². The Hall–Kier alpha value is -1.65. The van der Waals surface area contributed by atoms with Gasteiger partial charge in [-0.2, -0.15) is 0 Å². The summed E-state index contributed by atoms with van der Waals surface area (Å²) in [6.45, 7) is 12.8. The lowest BCUT2D eigenvalue weighted by molar-refractivity contribution is -0.161. The highest BCUT2D eigenvalue weighted by Gasteiger charge is 2.43.